The van der Waals surface area contributed by atoms with Crippen LogP contribution in [0.4, 0.5) is 0 Å². The van der Waals surface area contributed by atoms with Crippen molar-refractivity contribution >= 4 is 11.6 Å². The van der Waals surface area contributed by atoms with E-state index in [0.717, 1.165) is 17.5 Å². The smallest absolute Gasteiger partial charge is 0.0456 e. The number of rotatable bonds is 5. The molecule has 1 saturated heterocycles. The Morgan fingerprint density at radius 3 is 2.47 bits per heavy atom. The van der Waals surface area contributed by atoms with Crippen molar-refractivity contribution in [3.63, 3.8) is 0 Å². The van der Waals surface area contributed by atoms with Gasteiger partial charge in [-0.3, -0.25) is 4.90 Å². The minimum atomic E-state index is 0.324. The van der Waals surface area contributed by atoms with Crippen molar-refractivity contribution in [2.75, 3.05) is 19.7 Å². The Balaban J connectivity index is 1.75. The van der Waals surface area contributed by atoms with E-state index in [2.05, 4.69) is 24.0 Å². The fourth-order valence-electron chi connectivity index (χ4n) is 2.87. The standard InChI is InChI=1S/C16H24ClNO/c1-13(12-19)10-14-6-8-18(9-7-14)11-15-2-4-16(17)5-3-15/h2-5,13-14,19H,6-12H2,1H3. The molecule has 3 heteroatoms. The highest BCUT2D eigenvalue weighted by Crippen LogP contribution is 2.25. The van der Waals surface area contributed by atoms with E-state index in [9.17, 15) is 0 Å². The number of nitrogens with zero attached hydrogens (tertiary/aromatic N) is 1. The number of aliphatic hydroxyl groups is 1. The summed E-state index contributed by atoms with van der Waals surface area (Å²) in [5.41, 5.74) is 1.34. The van der Waals surface area contributed by atoms with E-state index in [0.29, 0.717) is 12.5 Å². The van der Waals surface area contributed by atoms with E-state index in [1.165, 1.54) is 37.9 Å². The molecule has 1 fully saturated rings. The van der Waals surface area contributed by atoms with E-state index < -0.39 is 0 Å². The summed E-state index contributed by atoms with van der Waals surface area (Å²) in [6.07, 6.45) is 3.70. The van der Waals surface area contributed by atoms with Crippen molar-refractivity contribution in [2.45, 2.75) is 32.7 Å². The summed E-state index contributed by atoms with van der Waals surface area (Å²) in [5, 5.41) is 9.92. The molecule has 1 aliphatic heterocycles. The van der Waals surface area contributed by atoms with E-state index in [1.807, 2.05) is 12.1 Å². The topological polar surface area (TPSA) is 23.5 Å². The van der Waals surface area contributed by atoms with Crippen molar-refractivity contribution < 1.29 is 5.11 Å². The number of benzene rings is 1. The normalized spacial score (nSPS) is 19.5. The third-order valence-electron chi connectivity index (χ3n) is 4.07. The third-order valence-corrected chi connectivity index (χ3v) is 4.33. The molecule has 0 aliphatic carbocycles. The van der Waals surface area contributed by atoms with Crippen LogP contribution in [0, 0.1) is 11.8 Å². The zero-order valence-electron chi connectivity index (χ0n) is 11.7. The van der Waals surface area contributed by atoms with Gasteiger partial charge in [0.05, 0.1) is 0 Å². The van der Waals surface area contributed by atoms with Crippen LogP contribution in [0.1, 0.15) is 31.7 Å². The summed E-state index contributed by atoms with van der Waals surface area (Å²) in [6, 6.07) is 8.16. The Morgan fingerprint density at radius 1 is 1.26 bits per heavy atom. The first-order valence-electron chi connectivity index (χ1n) is 7.25. The zero-order chi connectivity index (χ0) is 13.7. The average molecular weight is 282 g/mol. The first kappa shape index (κ1) is 14.8. The van der Waals surface area contributed by atoms with Crippen LogP contribution in [0.3, 0.4) is 0 Å². The first-order chi connectivity index (χ1) is 9.17. The summed E-state index contributed by atoms with van der Waals surface area (Å²) >= 11 is 5.90. The molecular formula is C16H24ClNO. The van der Waals surface area contributed by atoms with Gasteiger partial charge in [-0.25, -0.2) is 0 Å². The fraction of sp³-hybridized carbons (Fsp3) is 0.625. The molecule has 1 atom stereocenters. The molecule has 1 unspecified atom stereocenters. The van der Waals surface area contributed by atoms with Gasteiger partial charge in [-0.1, -0.05) is 30.7 Å². The maximum Gasteiger partial charge on any atom is 0.0456 e. The monoisotopic (exact) mass is 281 g/mol. The minimum Gasteiger partial charge on any atom is -0.396 e. The maximum absolute atomic E-state index is 9.11. The van der Waals surface area contributed by atoms with Gasteiger partial charge >= 0.3 is 0 Å². The summed E-state index contributed by atoms with van der Waals surface area (Å²) in [7, 11) is 0. The highest BCUT2D eigenvalue weighted by molar-refractivity contribution is 6.30. The van der Waals surface area contributed by atoms with E-state index >= 15 is 0 Å². The van der Waals surface area contributed by atoms with Crippen LogP contribution in [-0.2, 0) is 6.54 Å². The van der Waals surface area contributed by atoms with Gasteiger partial charge in [0.15, 0.2) is 0 Å². The van der Waals surface area contributed by atoms with Crippen LogP contribution in [-0.4, -0.2) is 29.7 Å². The van der Waals surface area contributed by atoms with Gasteiger partial charge in [0, 0.05) is 18.2 Å². The molecule has 0 saturated carbocycles. The minimum absolute atomic E-state index is 0.324. The van der Waals surface area contributed by atoms with Crippen LogP contribution in [0.15, 0.2) is 24.3 Å². The van der Waals surface area contributed by atoms with Gasteiger partial charge in [0.1, 0.15) is 0 Å². The quantitative estimate of drug-likeness (QED) is 0.892. The van der Waals surface area contributed by atoms with Gasteiger partial charge in [0.2, 0.25) is 0 Å². The molecule has 2 nitrogen and oxygen atoms in total. The second-order valence-corrected chi connectivity index (χ2v) is 6.31. The van der Waals surface area contributed by atoms with E-state index in [-0.39, 0.29) is 0 Å². The average Bonchev–Trinajstić information content (AvgIpc) is 2.43. The molecule has 1 aromatic rings. The first-order valence-corrected chi connectivity index (χ1v) is 7.63. The Labute approximate surface area is 121 Å². The van der Waals surface area contributed by atoms with Crippen molar-refractivity contribution in [3.05, 3.63) is 34.9 Å². The molecule has 1 aromatic carbocycles. The molecule has 1 heterocycles. The highest BCUT2D eigenvalue weighted by Gasteiger charge is 2.20. The molecule has 106 valence electrons. The van der Waals surface area contributed by atoms with Gasteiger partial charge in [-0.05, 0) is 61.9 Å². The number of halogens is 1. The number of piperidine rings is 1. The second-order valence-electron chi connectivity index (χ2n) is 5.87. The lowest BCUT2D eigenvalue weighted by Crippen LogP contribution is -2.33. The lowest BCUT2D eigenvalue weighted by atomic mass is 9.88. The predicted molar refractivity (Wildman–Crippen MR) is 80.3 cm³/mol. The highest BCUT2D eigenvalue weighted by atomic mass is 35.5. The molecular weight excluding hydrogens is 258 g/mol. The summed E-state index contributed by atoms with van der Waals surface area (Å²) < 4.78 is 0. The SMILES string of the molecule is CC(CO)CC1CCN(Cc2ccc(Cl)cc2)CC1. The van der Waals surface area contributed by atoms with Gasteiger partial charge in [-0.15, -0.1) is 0 Å². The lowest BCUT2D eigenvalue weighted by Gasteiger charge is -2.33. The molecule has 19 heavy (non-hydrogen) atoms. The summed E-state index contributed by atoms with van der Waals surface area (Å²) in [6.45, 7) is 5.83. The third kappa shape index (κ3) is 4.79. The molecule has 0 aromatic heterocycles. The number of hydrogen-bond donors (Lipinski definition) is 1. The molecule has 1 N–H and O–H groups in total. The Hall–Kier alpha value is -0.570. The Morgan fingerprint density at radius 2 is 1.89 bits per heavy atom. The van der Waals surface area contributed by atoms with E-state index in [1.54, 1.807) is 0 Å². The van der Waals surface area contributed by atoms with Crippen molar-refractivity contribution in [2.24, 2.45) is 11.8 Å². The Kier molecular flexibility index (Phi) is 5.68. The largest absolute Gasteiger partial charge is 0.396 e. The van der Waals surface area contributed by atoms with Gasteiger partial charge in [-0.2, -0.15) is 0 Å². The van der Waals surface area contributed by atoms with Crippen LogP contribution in [0.5, 0.6) is 0 Å². The Bertz CT molecular complexity index is 371. The van der Waals surface area contributed by atoms with Crippen molar-refractivity contribution in [1.29, 1.82) is 0 Å². The zero-order valence-corrected chi connectivity index (χ0v) is 12.4. The molecule has 1 aliphatic rings. The fourth-order valence-corrected chi connectivity index (χ4v) is 3.00. The molecule has 0 amide bonds. The summed E-state index contributed by atoms with van der Waals surface area (Å²) in [4.78, 5) is 2.52. The van der Waals surface area contributed by atoms with Crippen molar-refractivity contribution in [1.82, 2.24) is 4.90 Å². The lowest BCUT2D eigenvalue weighted by molar-refractivity contribution is 0.145. The van der Waals surface area contributed by atoms with Gasteiger partial charge < -0.3 is 5.11 Å². The van der Waals surface area contributed by atoms with Crippen LogP contribution in [0.2, 0.25) is 5.02 Å². The second kappa shape index (κ2) is 7.28. The maximum atomic E-state index is 9.11. The molecule has 0 radical (unpaired) electrons. The number of aliphatic hydroxyl groups excluding tert-OH is 1. The number of hydrogen-bond acceptors (Lipinski definition) is 2. The van der Waals surface area contributed by atoms with Crippen LogP contribution < -0.4 is 0 Å². The van der Waals surface area contributed by atoms with Crippen LogP contribution in [0.25, 0.3) is 0 Å². The molecule has 2 rings (SSSR count). The van der Waals surface area contributed by atoms with Crippen molar-refractivity contribution in [3.8, 4) is 0 Å². The van der Waals surface area contributed by atoms with Gasteiger partial charge in [0.25, 0.3) is 0 Å². The molecule has 0 bridgehead atoms. The number of likely N-dealkylation sites (tertiary alicyclic amines) is 1. The molecule has 0 spiro atoms. The van der Waals surface area contributed by atoms with E-state index in [4.69, 9.17) is 16.7 Å². The summed E-state index contributed by atoms with van der Waals surface area (Å²) in [5.74, 6) is 1.25. The predicted octanol–water partition coefficient (Wildman–Crippen LogP) is 3.57. The van der Waals surface area contributed by atoms with Crippen LogP contribution >= 0.6 is 11.6 Å².